The number of carbonyl (C=O) groups is 1. The molecule has 19 heavy (non-hydrogen) atoms. The summed E-state index contributed by atoms with van der Waals surface area (Å²) in [5.41, 5.74) is 1.38. The topological polar surface area (TPSA) is 20.3 Å². The zero-order valence-electron chi connectivity index (χ0n) is 11.0. The summed E-state index contributed by atoms with van der Waals surface area (Å²) in [4.78, 5) is 12.7. The van der Waals surface area contributed by atoms with Gasteiger partial charge in [0.2, 0.25) is 6.41 Å². The number of nitrogens with zero attached hydrogens (tertiary/aromatic N) is 1. The van der Waals surface area contributed by atoms with Crippen molar-refractivity contribution >= 4 is 34.6 Å². The van der Waals surface area contributed by atoms with Gasteiger partial charge in [-0.05, 0) is 37.0 Å². The average Bonchev–Trinajstić information content (AvgIpc) is 2.93. The second kappa shape index (κ2) is 7.65. The summed E-state index contributed by atoms with van der Waals surface area (Å²) in [7, 11) is 0. The smallest absolute Gasteiger partial charge is 0.210 e. The molecule has 1 aromatic rings. The SMILES string of the molecule is O=CN1CCC[C@H]1C(=S)SCCCc1ccccc1. The first kappa shape index (κ1) is 14.5. The molecule has 1 atom stereocenters. The highest BCUT2D eigenvalue weighted by Gasteiger charge is 2.26. The van der Waals surface area contributed by atoms with Gasteiger partial charge in [-0.3, -0.25) is 4.79 Å². The van der Waals surface area contributed by atoms with Crippen LogP contribution in [0.5, 0.6) is 0 Å². The van der Waals surface area contributed by atoms with Gasteiger partial charge in [-0.1, -0.05) is 42.5 Å². The number of aryl methyl sites for hydroxylation is 1. The van der Waals surface area contributed by atoms with Gasteiger partial charge in [-0.25, -0.2) is 0 Å². The highest BCUT2D eigenvalue weighted by Crippen LogP contribution is 2.23. The van der Waals surface area contributed by atoms with Crippen molar-refractivity contribution in [1.29, 1.82) is 0 Å². The van der Waals surface area contributed by atoms with E-state index in [1.807, 2.05) is 11.0 Å². The summed E-state index contributed by atoms with van der Waals surface area (Å²) in [6.07, 6.45) is 5.27. The number of thiocarbonyl (C=S) groups is 1. The third-order valence-electron chi connectivity index (χ3n) is 3.40. The molecule has 1 fully saturated rings. The van der Waals surface area contributed by atoms with E-state index in [0.29, 0.717) is 0 Å². The molecule has 0 spiro atoms. The maximum Gasteiger partial charge on any atom is 0.210 e. The van der Waals surface area contributed by atoms with Crippen molar-refractivity contribution in [3.05, 3.63) is 35.9 Å². The average molecular weight is 293 g/mol. The number of carbonyl (C=O) groups excluding carboxylic acids is 1. The fraction of sp³-hybridized carbons (Fsp3) is 0.467. The van der Waals surface area contributed by atoms with Crippen LogP contribution in [0.25, 0.3) is 0 Å². The molecule has 1 amide bonds. The summed E-state index contributed by atoms with van der Waals surface area (Å²) < 4.78 is 0.984. The van der Waals surface area contributed by atoms with Crippen molar-refractivity contribution in [3.8, 4) is 0 Å². The third kappa shape index (κ3) is 4.32. The van der Waals surface area contributed by atoms with Gasteiger partial charge < -0.3 is 4.90 Å². The minimum Gasteiger partial charge on any atom is -0.337 e. The summed E-state index contributed by atoms with van der Waals surface area (Å²) >= 11 is 7.19. The van der Waals surface area contributed by atoms with E-state index in [2.05, 4.69) is 24.3 Å². The van der Waals surface area contributed by atoms with Crippen LogP contribution < -0.4 is 0 Å². The van der Waals surface area contributed by atoms with Crippen LogP contribution in [0.1, 0.15) is 24.8 Å². The van der Waals surface area contributed by atoms with Gasteiger partial charge >= 0.3 is 0 Å². The Labute approximate surface area is 124 Å². The van der Waals surface area contributed by atoms with Gasteiger partial charge in [0.1, 0.15) is 0 Å². The molecular weight excluding hydrogens is 274 g/mol. The molecule has 1 aliphatic rings. The predicted octanol–water partition coefficient (Wildman–Crippen LogP) is 3.30. The number of likely N-dealkylation sites (tertiary alicyclic amines) is 1. The molecule has 2 nitrogen and oxygen atoms in total. The number of hydrogen-bond donors (Lipinski definition) is 0. The maximum absolute atomic E-state index is 10.9. The van der Waals surface area contributed by atoms with Gasteiger partial charge in [0.25, 0.3) is 0 Å². The molecular formula is C15H19NOS2. The highest BCUT2D eigenvalue weighted by molar-refractivity contribution is 8.23. The first-order valence-corrected chi connectivity index (χ1v) is 8.12. The van der Waals surface area contributed by atoms with Crippen LogP contribution >= 0.6 is 24.0 Å². The van der Waals surface area contributed by atoms with Crippen molar-refractivity contribution < 1.29 is 4.79 Å². The lowest BCUT2D eigenvalue weighted by Gasteiger charge is -2.20. The molecule has 0 radical (unpaired) electrons. The summed E-state index contributed by atoms with van der Waals surface area (Å²) in [6.45, 7) is 0.860. The molecule has 0 aliphatic carbocycles. The zero-order valence-corrected chi connectivity index (χ0v) is 12.6. The van der Waals surface area contributed by atoms with Crippen LogP contribution in [0.2, 0.25) is 0 Å². The fourth-order valence-corrected chi connectivity index (χ4v) is 3.80. The molecule has 0 bridgehead atoms. The monoisotopic (exact) mass is 293 g/mol. The third-order valence-corrected chi connectivity index (χ3v) is 5.07. The zero-order chi connectivity index (χ0) is 13.5. The molecule has 0 N–H and O–H groups in total. The summed E-state index contributed by atoms with van der Waals surface area (Å²) in [5, 5.41) is 0. The van der Waals surface area contributed by atoms with Crippen molar-refractivity contribution in [2.75, 3.05) is 12.3 Å². The van der Waals surface area contributed by atoms with Crippen LogP contribution in [-0.2, 0) is 11.2 Å². The van der Waals surface area contributed by atoms with E-state index in [0.717, 1.165) is 48.6 Å². The van der Waals surface area contributed by atoms with Gasteiger partial charge in [0.05, 0.1) is 10.2 Å². The minimum absolute atomic E-state index is 0.189. The van der Waals surface area contributed by atoms with Crippen molar-refractivity contribution in [2.45, 2.75) is 31.7 Å². The highest BCUT2D eigenvalue weighted by atomic mass is 32.2. The molecule has 102 valence electrons. The van der Waals surface area contributed by atoms with Gasteiger partial charge in [0.15, 0.2) is 0 Å². The lowest BCUT2D eigenvalue weighted by Crippen LogP contribution is -2.32. The standard InChI is InChI=1S/C15H19NOS2/c17-12-16-10-4-9-14(16)15(18)19-11-5-8-13-6-2-1-3-7-13/h1-3,6-7,12,14H,4-5,8-11H2/t14-/m0/s1. The molecule has 2 rings (SSSR count). The van der Waals surface area contributed by atoms with E-state index in [1.165, 1.54) is 5.56 Å². The quantitative estimate of drug-likeness (QED) is 0.456. The van der Waals surface area contributed by atoms with Crippen molar-refractivity contribution in [1.82, 2.24) is 4.90 Å². The van der Waals surface area contributed by atoms with Gasteiger partial charge in [-0.2, -0.15) is 0 Å². The number of hydrogen-bond acceptors (Lipinski definition) is 3. The number of rotatable bonds is 6. The summed E-state index contributed by atoms with van der Waals surface area (Å²) in [5.74, 6) is 1.04. The van der Waals surface area contributed by atoms with Crippen LogP contribution in [0.3, 0.4) is 0 Å². The van der Waals surface area contributed by atoms with E-state index in [-0.39, 0.29) is 6.04 Å². The van der Waals surface area contributed by atoms with Gasteiger partial charge in [-0.15, -0.1) is 11.8 Å². The second-order valence-corrected chi connectivity index (χ2v) is 6.59. The number of amides is 1. The first-order chi connectivity index (χ1) is 9.31. The van der Waals surface area contributed by atoms with Crippen molar-refractivity contribution in [2.24, 2.45) is 0 Å². The molecule has 1 aromatic carbocycles. The normalized spacial score (nSPS) is 18.5. The Balaban J connectivity index is 1.68. The van der Waals surface area contributed by atoms with Crippen LogP contribution in [-0.4, -0.2) is 33.8 Å². The molecule has 1 saturated heterocycles. The van der Waals surface area contributed by atoms with E-state index in [4.69, 9.17) is 12.2 Å². The lowest BCUT2D eigenvalue weighted by molar-refractivity contribution is -0.117. The molecule has 0 unspecified atom stereocenters. The van der Waals surface area contributed by atoms with E-state index < -0.39 is 0 Å². The predicted molar refractivity (Wildman–Crippen MR) is 85.6 cm³/mol. The van der Waals surface area contributed by atoms with Crippen molar-refractivity contribution in [3.63, 3.8) is 0 Å². The molecule has 1 aliphatic heterocycles. The Bertz CT molecular complexity index is 421. The Kier molecular flexibility index (Phi) is 5.86. The second-order valence-electron chi connectivity index (χ2n) is 4.76. The Hall–Kier alpha value is -0.870. The molecule has 0 saturated carbocycles. The van der Waals surface area contributed by atoms with E-state index in [9.17, 15) is 4.79 Å². The van der Waals surface area contributed by atoms with E-state index in [1.54, 1.807) is 11.8 Å². The Morgan fingerprint density at radius 1 is 1.42 bits per heavy atom. The Morgan fingerprint density at radius 2 is 2.21 bits per heavy atom. The van der Waals surface area contributed by atoms with Crippen LogP contribution in [0.15, 0.2) is 30.3 Å². The minimum atomic E-state index is 0.189. The fourth-order valence-electron chi connectivity index (χ4n) is 2.36. The van der Waals surface area contributed by atoms with E-state index >= 15 is 0 Å². The Morgan fingerprint density at radius 3 is 2.95 bits per heavy atom. The maximum atomic E-state index is 10.9. The van der Waals surface area contributed by atoms with Crippen LogP contribution in [0, 0.1) is 0 Å². The van der Waals surface area contributed by atoms with Crippen LogP contribution in [0.4, 0.5) is 0 Å². The molecule has 1 heterocycles. The largest absolute Gasteiger partial charge is 0.337 e. The molecule has 0 aromatic heterocycles. The number of thioether (sulfide) groups is 1. The lowest BCUT2D eigenvalue weighted by atomic mass is 10.1. The molecule has 4 heteroatoms. The first-order valence-electron chi connectivity index (χ1n) is 6.73. The summed E-state index contributed by atoms with van der Waals surface area (Å²) in [6, 6.07) is 10.7. The number of benzene rings is 1. The van der Waals surface area contributed by atoms with Gasteiger partial charge in [0, 0.05) is 6.54 Å².